The van der Waals surface area contributed by atoms with Gasteiger partial charge in [-0.2, -0.15) is 23.4 Å². The maximum absolute atomic E-state index is 12.6. The van der Waals surface area contributed by atoms with Crippen LogP contribution in [0, 0.1) is 0 Å². The molecule has 126 valence electrons. The maximum atomic E-state index is 12.6. The lowest BCUT2D eigenvalue weighted by Crippen LogP contribution is -2.19. The predicted molar refractivity (Wildman–Crippen MR) is 82.5 cm³/mol. The fourth-order valence-electron chi connectivity index (χ4n) is 2.24. The molecular formula is C16H16F3N5. The van der Waals surface area contributed by atoms with Crippen LogP contribution in [-0.2, 0) is 19.3 Å². The fraction of sp³-hybridized carbons (Fsp3) is 0.250. The van der Waals surface area contributed by atoms with Gasteiger partial charge in [0, 0.05) is 31.7 Å². The Kier molecular flexibility index (Phi) is 4.66. The Morgan fingerprint density at radius 1 is 1.04 bits per heavy atom. The first kappa shape index (κ1) is 16.3. The number of rotatable bonds is 6. The van der Waals surface area contributed by atoms with Crippen molar-refractivity contribution < 1.29 is 13.2 Å². The van der Waals surface area contributed by atoms with E-state index in [0.29, 0.717) is 12.2 Å². The number of nitrogens with zero attached hydrogens (tertiary/aromatic N) is 4. The smallest absolute Gasteiger partial charge is 0.311 e. The Labute approximate surface area is 136 Å². The van der Waals surface area contributed by atoms with Gasteiger partial charge in [0.1, 0.15) is 0 Å². The van der Waals surface area contributed by atoms with Crippen LogP contribution in [0.5, 0.6) is 0 Å². The first-order chi connectivity index (χ1) is 11.5. The summed E-state index contributed by atoms with van der Waals surface area (Å²) in [5.41, 5.74) is 0.736. The second-order valence-electron chi connectivity index (χ2n) is 5.26. The predicted octanol–water partition coefficient (Wildman–Crippen LogP) is 2.88. The van der Waals surface area contributed by atoms with Gasteiger partial charge in [0.25, 0.3) is 0 Å². The van der Waals surface area contributed by atoms with Crippen molar-refractivity contribution in [2.45, 2.75) is 19.3 Å². The zero-order chi connectivity index (χ0) is 17.0. The first-order valence-electron chi connectivity index (χ1n) is 7.43. The molecule has 8 heteroatoms. The lowest BCUT2D eigenvalue weighted by molar-refractivity contribution is -0.141. The third kappa shape index (κ3) is 4.02. The Hall–Kier alpha value is -2.61. The highest BCUT2D eigenvalue weighted by Crippen LogP contribution is 2.27. The van der Waals surface area contributed by atoms with Crippen LogP contribution < -0.4 is 5.32 Å². The Morgan fingerprint density at radius 2 is 1.83 bits per heavy atom. The summed E-state index contributed by atoms with van der Waals surface area (Å²) < 4.78 is 40.8. The molecule has 1 N–H and O–H groups in total. The van der Waals surface area contributed by atoms with E-state index in [1.54, 1.807) is 18.3 Å². The molecule has 0 aliphatic rings. The van der Waals surface area contributed by atoms with E-state index in [-0.39, 0.29) is 0 Å². The summed E-state index contributed by atoms with van der Waals surface area (Å²) in [6, 6.07) is 10.1. The van der Waals surface area contributed by atoms with Crippen molar-refractivity contribution in [3.8, 4) is 5.69 Å². The molecule has 0 fully saturated rings. The molecule has 0 saturated heterocycles. The number of alkyl halides is 3. The molecule has 1 aromatic carbocycles. The molecule has 0 radical (unpaired) electrons. The van der Waals surface area contributed by atoms with Crippen LogP contribution in [0.15, 0.2) is 55.0 Å². The standard InChI is InChI=1S/C16H16F3N5/c17-16(18,19)15-6-10-24(22-15)14-4-2-13(3-5-14)12-20-8-11-23-9-1-7-21-23/h1-7,9-10,20H,8,11-12H2. The number of aromatic nitrogens is 4. The molecule has 3 rings (SSSR count). The highest BCUT2D eigenvalue weighted by atomic mass is 19.4. The largest absolute Gasteiger partial charge is 0.435 e. The van der Waals surface area contributed by atoms with Crippen LogP contribution in [0.1, 0.15) is 11.3 Å². The maximum Gasteiger partial charge on any atom is 0.435 e. The molecule has 2 heterocycles. The number of benzene rings is 1. The van der Waals surface area contributed by atoms with E-state index in [0.717, 1.165) is 24.7 Å². The second kappa shape index (κ2) is 6.88. The number of nitrogens with one attached hydrogen (secondary N) is 1. The van der Waals surface area contributed by atoms with Crippen molar-refractivity contribution in [3.05, 3.63) is 66.2 Å². The summed E-state index contributed by atoms with van der Waals surface area (Å²) in [7, 11) is 0. The van der Waals surface area contributed by atoms with Gasteiger partial charge in [-0.05, 0) is 29.8 Å². The van der Waals surface area contributed by atoms with E-state index < -0.39 is 11.9 Å². The topological polar surface area (TPSA) is 47.7 Å². The summed E-state index contributed by atoms with van der Waals surface area (Å²) in [6.45, 7) is 2.23. The molecule has 0 saturated carbocycles. The molecule has 2 aromatic heterocycles. The van der Waals surface area contributed by atoms with Crippen molar-refractivity contribution in [2.75, 3.05) is 6.54 Å². The first-order valence-corrected chi connectivity index (χ1v) is 7.43. The minimum absolute atomic E-state index is 0.589. The van der Waals surface area contributed by atoms with E-state index in [4.69, 9.17) is 0 Å². The van der Waals surface area contributed by atoms with Gasteiger partial charge in [-0.15, -0.1) is 0 Å². The monoisotopic (exact) mass is 335 g/mol. The summed E-state index contributed by atoms with van der Waals surface area (Å²) in [5, 5.41) is 11.0. The number of halogens is 3. The zero-order valence-corrected chi connectivity index (χ0v) is 12.7. The highest BCUT2D eigenvalue weighted by Gasteiger charge is 2.33. The minimum Gasteiger partial charge on any atom is -0.311 e. The Balaban J connectivity index is 1.54. The zero-order valence-electron chi connectivity index (χ0n) is 12.7. The van der Waals surface area contributed by atoms with Crippen LogP contribution in [0.4, 0.5) is 13.2 Å². The van der Waals surface area contributed by atoms with Gasteiger partial charge >= 0.3 is 6.18 Å². The van der Waals surface area contributed by atoms with E-state index in [1.165, 1.54) is 10.9 Å². The van der Waals surface area contributed by atoms with Crippen LogP contribution in [0.25, 0.3) is 5.69 Å². The summed E-state index contributed by atoms with van der Waals surface area (Å²) in [4.78, 5) is 0. The molecular weight excluding hydrogens is 319 g/mol. The molecule has 0 bridgehead atoms. The van der Waals surface area contributed by atoms with Crippen molar-refractivity contribution in [1.82, 2.24) is 24.9 Å². The van der Waals surface area contributed by atoms with E-state index in [9.17, 15) is 13.2 Å². The molecule has 0 aliphatic carbocycles. The van der Waals surface area contributed by atoms with Crippen LogP contribution in [0.2, 0.25) is 0 Å². The van der Waals surface area contributed by atoms with Gasteiger partial charge in [0.05, 0.1) is 12.2 Å². The Morgan fingerprint density at radius 3 is 2.46 bits per heavy atom. The van der Waals surface area contributed by atoms with Crippen molar-refractivity contribution in [2.24, 2.45) is 0 Å². The van der Waals surface area contributed by atoms with E-state index >= 15 is 0 Å². The Bertz CT molecular complexity index is 760. The van der Waals surface area contributed by atoms with E-state index in [2.05, 4.69) is 15.5 Å². The highest BCUT2D eigenvalue weighted by molar-refractivity contribution is 5.34. The average molecular weight is 335 g/mol. The van der Waals surface area contributed by atoms with Gasteiger partial charge < -0.3 is 5.32 Å². The number of hydrogen-bond donors (Lipinski definition) is 1. The summed E-state index contributed by atoms with van der Waals surface area (Å²) in [6.07, 6.45) is 0.512. The van der Waals surface area contributed by atoms with Crippen LogP contribution in [0.3, 0.4) is 0 Å². The van der Waals surface area contributed by atoms with Gasteiger partial charge in [-0.1, -0.05) is 12.1 Å². The molecule has 5 nitrogen and oxygen atoms in total. The van der Waals surface area contributed by atoms with Crippen LogP contribution in [-0.4, -0.2) is 26.1 Å². The van der Waals surface area contributed by atoms with Gasteiger partial charge in [-0.25, -0.2) is 4.68 Å². The van der Waals surface area contributed by atoms with Crippen molar-refractivity contribution in [3.63, 3.8) is 0 Å². The third-order valence-corrected chi connectivity index (χ3v) is 3.49. The average Bonchev–Trinajstić information content (AvgIpc) is 3.23. The molecule has 24 heavy (non-hydrogen) atoms. The molecule has 0 aliphatic heterocycles. The van der Waals surface area contributed by atoms with Gasteiger partial charge in [-0.3, -0.25) is 4.68 Å². The summed E-state index contributed by atoms with van der Waals surface area (Å²) >= 11 is 0. The van der Waals surface area contributed by atoms with Gasteiger partial charge in [0.2, 0.25) is 0 Å². The lowest BCUT2D eigenvalue weighted by Gasteiger charge is -2.07. The SMILES string of the molecule is FC(F)(F)c1ccn(-c2ccc(CNCCn3cccn3)cc2)n1. The molecule has 0 spiro atoms. The minimum atomic E-state index is -4.43. The number of hydrogen-bond acceptors (Lipinski definition) is 3. The van der Waals surface area contributed by atoms with Crippen molar-refractivity contribution >= 4 is 0 Å². The molecule has 0 unspecified atom stereocenters. The lowest BCUT2D eigenvalue weighted by atomic mass is 10.2. The van der Waals surface area contributed by atoms with Crippen LogP contribution >= 0.6 is 0 Å². The van der Waals surface area contributed by atoms with Gasteiger partial charge in [0.15, 0.2) is 5.69 Å². The summed E-state index contributed by atoms with van der Waals surface area (Å²) in [5.74, 6) is 0. The van der Waals surface area contributed by atoms with Crippen molar-refractivity contribution in [1.29, 1.82) is 0 Å². The quantitative estimate of drug-likeness (QED) is 0.705. The normalized spacial score (nSPS) is 11.8. The third-order valence-electron chi connectivity index (χ3n) is 3.49. The molecule has 0 atom stereocenters. The van der Waals surface area contributed by atoms with E-state index in [1.807, 2.05) is 29.1 Å². The molecule has 0 amide bonds. The fourth-order valence-corrected chi connectivity index (χ4v) is 2.24. The second-order valence-corrected chi connectivity index (χ2v) is 5.26. The molecule has 3 aromatic rings.